The van der Waals surface area contributed by atoms with Crippen LogP contribution in [-0.2, 0) is 21.7 Å². The second kappa shape index (κ2) is 11.4. The van der Waals surface area contributed by atoms with E-state index < -0.39 is 0 Å². The van der Waals surface area contributed by atoms with Crippen molar-refractivity contribution in [1.29, 1.82) is 0 Å². The Morgan fingerprint density at radius 2 is 1.75 bits per heavy atom. The van der Waals surface area contributed by atoms with Crippen molar-refractivity contribution in [2.45, 2.75) is 34.6 Å². The molecular weight excluding hydrogens is 244 g/mol. The van der Waals surface area contributed by atoms with Crippen molar-refractivity contribution in [3.8, 4) is 0 Å². The molecule has 0 spiro atoms. The van der Waals surface area contributed by atoms with Crippen molar-refractivity contribution in [3.05, 3.63) is 47.6 Å². The van der Waals surface area contributed by atoms with E-state index in [1.165, 1.54) is 16.7 Å². The van der Waals surface area contributed by atoms with E-state index in [0.717, 1.165) is 0 Å². The Morgan fingerprint density at radius 3 is 1.81 bits per heavy atom. The normalized spacial score (nSPS) is 18.1. The summed E-state index contributed by atoms with van der Waals surface area (Å²) in [5.41, 5.74) is 4.25. The van der Waals surface area contributed by atoms with Gasteiger partial charge in [0.15, 0.2) is 0 Å². The third kappa shape index (κ3) is 7.21. The molecule has 1 atom stereocenters. The number of allylic oxidation sites excluding steroid dienone is 7. The minimum absolute atomic E-state index is 0. The molecule has 0 radical (unpaired) electrons. The van der Waals surface area contributed by atoms with Gasteiger partial charge in [0.25, 0.3) is 0 Å². The topological polar surface area (TPSA) is 0 Å². The van der Waals surface area contributed by atoms with Crippen LogP contribution in [0.1, 0.15) is 34.6 Å². The van der Waals surface area contributed by atoms with Crippen LogP contribution in [0.2, 0.25) is 0 Å². The van der Waals surface area contributed by atoms with Crippen LogP contribution in [0.25, 0.3) is 0 Å². The van der Waals surface area contributed by atoms with Gasteiger partial charge in [0.05, 0.1) is 0 Å². The SMILES string of the molecule is C=CC=CC.CC1=[C-]C(C)C(C)=C1C.[SiH4].[Ti]. The van der Waals surface area contributed by atoms with Crippen LogP contribution < -0.4 is 0 Å². The van der Waals surface area contributed by atoms with Gasteiger partial charge in [-0.2, -0.15) is 11.1 Å². The van der Waals surface area contributed by atoms with E-state index in [4.69, 9.17) is 0 Å². The van der Waals surface area contributed by atoms with Gasteiger partial charge < -0.3 is 0 Å². The Morgan fingerprint density at radius 1 is 1.25 bits per heavy atom. The summed E-state index contributed by atoms with van der Waals surface area (Å²) in [7, 11) is 0. The van der Waals surface area contributed by atoms with E-state index in [1.807, 2.05) is 19.1 Å². The molecule has 0 saturated heterocycles. The molecule has 0 heterocycles. The standard InChI is InChI=1S/C9H13.C5H8.H4Si.Ti/c1-6-5-7(2)9(4)8(6)3;1-3-5-4-2;;/h6H,1-4H3;3-5H,1H2,2H3;1H4;/q-1;;;. The summed E-state index contributed by atoms with van der Waals surface area (Å²) in [6.07, 6.45) is 8.94. The van der Waals surface area contributed by atoms with Crippen LogP contribution in [-0.4, -0.2) is 11.0 Å². The van der Waals surface area contributed by atoms with E-state index in [1.54, 1.807) is 6.08 Å². The van der Waals surface area contributed by atoms with Gasteiger partial charge in [0.1, 0.15) is 0 Å². The van der Waals surface area contributed by atoms with Crippen molar-refractivity contribution in [1.82, 2.24) is 0 Å². The van der Waals surface area contributed by atoms with Crippen molar-refractivity contribution in [3.63, 3.8) is 0 Å². The van der Waals surface area contributed by atoms with Gasteiger partial charge in [0.2, 0.25) is 0 Å². The zero-order chi connectivity index (χ0) is 11.1. The van der Waals surface area contributed by atoms with Gasteiger partial charge in [-0.3, -0.25) is 6.08 Å². The first-order valence-corrected chi connectivity index (χ1v) is 5.06. The van der Waals surface area contributed by atoms with Crippen LogP contribution in [0.15, 0.2) is 41.5 Å². The molecule has 2 heteroatoms. The van der Waals surface area contributed by atoms with Gasteiger partial charge in [-0.15, -0.1) is 6.92 Å². The molecule has 90 valence electrons. The minimum Gasteiger partial charge on any atom is -0.266 e. The first-order valence-electron chi connectivity index (χ1n) is 5.06. The molecule has 0 nitrogen and oxygen atoms in total. The predicted octanol–water partition coefficient (Wildman–Crippen LogP) is 3.02. The van der Waals surface area contributed by atoms with Crippen LogP contribution in [0.3, 0.4) is 0 Å². The van der Waals surface area contributed by atoms with Crippen molar-refractivity contribution in [2.75, 3.05) is 0 Å². The summed E-state index contributed by atoms with van der Waals surface area (Å²) in [4.78, 5) is 0. The molecule has 1 aliphatic rings. The second-order valence-electron chi connectivity index (χ2n) is 3.56. The molecular formula is C14H25SiTi-. The van der Waals surface area contributed by atoms with Gasteiger partial charge in [-0.05, 0) is 17.9 Å². The molecule has 16 heavy (non-hydrogen) atoms. The molecule has 0 N–H and O–H groups in total. The Balaban J connectivity index is -0.000000214. The molecule has 1 unspecified atom stereocenters. The summed E-state index contributed by atoms with van der Waals surface area (Å²) in [5.74, 6) is 0.560. The number of rotatable bonds is 1. The molecule has 0 fully saturated rings. The molecule has 0 bridgehead atoms. The zero-order valence-corrected chi connectivity index (χ0v) is 12.1. The Kier molecular flexibility index (Phi) is 15.1. The second-order valence-corrected chi connectivity index (χ2v) is 3.56. The van der Waals surface area contributed by atoms with Crippen LogP contribution in [0.4, 0.5) is 0 Å². The van der Waals surface area contributed by atoms with Gasteiger partial charge in [0, 0.05) is 21.7 Å². The van der Waals surface area contributed by atoms with Gasteiger partial charge in [-0.1, -0.05) is 51.5 Å². The Hall–Kier alpha value is -0.109. The molecule has 0 aromatic rings. The maximum absolute atomic E-state index is 3.46. The van der Waals surface area contributed by atoms with Crippen molar-refractivity contribution in [2.24, 2.45) is 5.92 Å². The van der Waals surface area contributed by atoms with Gasteiger partial charge in [-0.25, -0.2) is 5.57 Å². The first-order chi connectivity index (χ1) is 6.54. The van der Waals surface area contributed by atoms with Crippen molar-refractivity contribution < 1.29 is 21.7 Å². The maximum Gasteiger partial charge on any atom is 0 e. The molecule has 1 rings (SSSR count). The smallest absolute Gasteiger partial charge is 0 e. The Labute approximate surface area is 121 Å². The minimum atomic E-state index is 0. The summed E-state index contributed by atoms with van der Waals surface area (Å²) in [6, 6.07) is 0. The maximum atomic E-state index is 3.46. The average Bonchev–Trinajstić information content (AvgIpc) is 2.36. The fourth-order valence-corrected chi connectivity index (χ4v) is 1.30. The van der Waals surface area contributed by atoms with E-state index in [-0.39, 0.29) is 32.7 Å². The largest absolute Gasteiger partial charge is 0.266 e. The van der Waals surface area contributed by atoms with Gasteiger partial charge >= 0.3 is 0 Å². The summed E-state index contributed by atoms with van der Waals surface area (Å²) in [6.45, 7) is 14.1. The number of hydrogen-bond donors (Lipinski definition) is 0. The third-order valence-corrected chi connectivity index (χ3v) is 2.57. The molecule has 0 aromatic carbocycles. The van der Waals surface area contributed by atoms with E-state index in [0.29, 0.717) is 5.92 Å². The fourth-order valence-electron chi connectivity index (χ4n) is 1.30. The third-order valence-electron chi connectivity index (χ3n) is 2.57. The summed E-state index contributed by atoms with van der Waals surface area (Å²) in [5, 5.41) is 0. The molecule has 0 saturated carbocycles. The van der Waals surface area contributed by atoms with Crippen LogP contribution >= 0.6 is 0 Å². The van der Waals surface area contributed by atoms with Crippen LogP contribution in [0.5, 0.6) is 0 Å². The molecule has 1 aliphatic carbocycles. The quantitative estimate of drug-likeness (QED) is 0.390. The fraction of sp³-hybridized carbons (Fsp3) is 0.429. The molecule has 0 amide bonds. The average molecular weight is 269 g/mol. The monoisotopic (exact) mass is 269 g/mol. The van der Waals surface area contributed by atoms with Crippen molar-refractivity contribution >= 4 is 11.0 Å². The summed E-state index contributed by atoms with van der Waals surface area (Å²) < 4.78 is 0. The molecule has 0 aromatic heterocycles. The van der Waals surface area contributed by atoms with E-state index in [2.05, 4.69) is 40.3 Å². The number of hydrogen-bond acceptors (Lipinski definition) is 0. The predicted molar refractivity (Wildman–Crippen MR) is 76.3 cm³/mol. The zero-order valence-electron chi connectivity index (χ0n) is 10.5. The molecule has 0 aliphatic heterocycles. The Bertz CT molecular complexity index is 285. The van der Waals surface area contributed by atoms with E-state index >= 15 is 0 Å². The summed E-state index contributed by atoms with van der Waals surface area (Å²) >= 11 is 0. The first kappa shape index (κ1) is 21.2. The van der Waals surface area contributed by atoms with Crippen LogP contribution in [0, 0.1) is 12.0 Å². The van der Waals surface area contributed by atoms with E-state index in [9.17, 15) is 0 Å².